The lowest BCUT2D eigenvalue weighted by Gasteiger charge is -2.05. The first-order valence-electron chi connectivity index (χ1n) is 6.14. The number of nitrogens with two attached hydrogens (primary N) is 1. The van der Waals surface area contributed by atoms with Gasteiger partial charge in [0.2, 0.25) is 0 Å². The molecule has 104 valence electrons. The molecule has 0 saturated heterocycles. The Bertz CT molecular complexity index is 626. The summed E-state index contributed by atoms with van der Waals surface area (Å²) in [4.78, 5) is 11.6. The Kier molecular flexibility index (Phi) is 4.11. The molecule has 0 radical (unpaired) electrons. The minimum Gasteiger partial charge on any atom is -0.326 e. The van der Waals surface area contributed by atoms with Gasteiger partial charge in [-0.2, -0.15) is 5.10 Å². The van der Waals surface area contributed by atoms with Gasteiger partial charge in [0.05, 0.1) is 5.69 Å². The van der Waals surface area contributed by atoms with E-state index in [2.05, 4.69) is 15.3 Å². The summed E-state index contributed by atoms with van der Waals surface area (Å²) in [5, 5.41) is 12.5. The quantitative estimate of drug-likeness (QED) is 0.839. The van der Waals surface area contributed by atoms with Crippen LogP contribution in [-0.4, -0.2) is 24.5 Å². The summed E-state index contributed by atoms with van der Waals surface area (Å²) >= 11 is 1.41. The second-order valence-corrected chi connectivity index (χ2v) is 5.22. The predicted molar refractivity (Wildman–Crippen MR) is 73.1 cm³/mol. The van der Waals surface area contributed by atoms with Crippen molar-refractivity contribution in [1.82, 2.24) is 24.5 Å². The van der Waals surface area contributed by atoms with Crippen molar-refractivity contribution in [2.75, 3.05) is 0 Å². The zero-order chi connectivity index (χ0) is 14.0. The number of nitrogens with one attached hydrogen (secondary N) is 1. The summed E-state index contributed by atoms with van der Waals surface area (Å²) in [5.41, 5.74) is 7.48. The molecule has 0 aliphatic rings. The molecule has 7 nitrogen and oxygen atoms in total. The van der Waals surface area contributed by atoms with Crippen LogP contribution in [0.25, 0.3) is 0 Å². The van der Waals surface area contributed by atoms with Gasteiger partial charge in [-0.15, -0.1) is 5.10 Å². The van der Waals surface area contributed by atoms with E-state index in [9.17, 15) is 4.79 Å². The molecule has 2 aromatic heterocycles. The molecule has 0 fully saturated rings. The lowest BCUT2D eigenvalue weighted by atomic mass is 10.3. The lowest BCUT2D eigenvalue weighted by molar-refractivity contribution is 0.601. The number of rotatable bonds is 5. The van der Waals surface area contributed by atoms with E-state index in [0.717, 1.165) is 22.7 Å². The highest BCUT2D eigenvalue weighted by molar-refractivity contribution is 7.99. The molecule has 19 heavy (non-hydrogen) atoms. The zero-order valence-electron chi connectivity index (χ0n) is 11.3. The van der Waals surface area contributed by atoms with Crippen molar-refractivity contribution in [1.29, 1.82) is 0 Å². The predicted octanol–water partition coefficient (Wildman–Crippen LogP) is 0.633. The van der Waals surface area contributed by atoms with Crippen LogP contribution in [0.5, 0.6) is 0 Å². The number of aromatic amines is 1. The Hall–Kier alpha value is -1.54. The fourth-order valence-corrected chi connectivity index (χ4v) is 3.01. The first-order valence-corrected chi connectivity index (χ1v) is 6.95. The van der Waals surface area contributed by atoms with E-state index in [4.69, 9.17) is 5.73 Å². The van der Waals surface area contributed by atoms with Gasteiger partial charge in [-0.05, 0) is 25.1 Å². The maximum absolute atomic E-state index is 11.6. The second-order valence-electron chi connectivity index (χ2n) is 4.26. The highest BCUT2D eigenvalue weighted by Crippen LogP contribution is 2.29. The normalized spacial score (nSPS) is 11.2. The van der Waals surface area contributed by atoms with Crippen LogP contribution in [0.1, 0.15) is 24.6 Å². The molecule has 0 amide bonds. The molecule has 0 saturated carbocycles. The minimum atomic E-state index is -0.183. The molecule has 0 spiro atoms. The highest BCUT2D eigenvalue weighted by Gasteiger charge is 2.17. The largest absolute Gasteiger partial charge is 0.343 e. The van der Waals surface area contributed by atoms with Gasteiger partial charge in [0.15, 0.2) is 5.16 Å². The Morgan fingerprint density at radius 3 is 2.84 bits per heavy atom. The van der Waals surface area contributed by atoms with Crippen LogP contribution in [0.4, 0.5) is 0 Å². The van der Waals surface area contributed by atoms with Gasteiger partial charge >= 0.3 is 5.69 Å². The highest BCUT2D eigenvalue weighted by atomic mass is 32.2. The third-order valence-corrected chi connectivity index (χ3v) is 4.05. The van der Waals surface area contributed by atoms with Gasteiger partial charge in [-0.25, -0.2) is 9.89 Å². The van der Waals surface area contributed by atoms with Crippen molar-refractivity contribution in [3.8, 4) is 0 Å². The van der Waals surface area contributed by atoms with Crippen molar-refractivity contribution in [3.05, 3.63) is 21.7 Å². The van der Waals surface area contributed by atoms with Gasteiger partial charge in [-0.3, -0.25) is 9.25 Å². The Morgan fingerprint density at radius 2 is 2.21 bits per heavy atom. The molecule has 0 aromatic carbocycles. The van der Waals surface area contributed by atoms with E-state index in [-0.39, 0.29) is 5.69 Å². The average molecular weight is 282 g/mol. The average Bonchev–Trinajstić information content (AvgIpc) is 2.84. The first kappa shape index (κ1) is 13.9. The molecule has 2 aromatic rings. The standard InChI is InChI=1S/C11H18N6OS/c1-4-5-17-10(18)13-14-11(17)19-9-8(6-12)7(2)15-16(9)3/h4-6,12H2,1-3H3,(H,13,18). The van der Waals surface area contributed by atoms with Crippen LogP contribution in [0.2, 0.25) is 0 Å². The molecule has 0 bridgehead atoms. The van der Waals surface area contributed by atoms with Crippen LogP contribution in [0, 0.1) is 6.92 Å². The molecule has 3 N–H and O–H groups in total. The fraction of sp³-hybridized carbons (Fsp3) is 0.545. The van der Waals surface area contributed by atoms with Crippen molar-refractivity contribution in [3.63, 3.8) is 0 Å². The van der Waals surface area contributed by atoms with E-state index in [0.29, 0.717) is 18.2 Å². The van der Waals surface area contributed by atoms with E-state index in [1.54, 1.807) is 9.25 Å². The van der Waals surface area contributed by atoms with Gasteiger partial charge in [0.1, 0.15) is 5.03 Å². The summed E-state index contributed by atoms with van der Waals surface area (Å²) in [6.45, 7) is 5.01. The third-order valence-electron chi connectivity index (χ3n) is 2.85. The Labute approximate surface area is 115 Å². The number of aromatic nitrogens is 5. The number of hydrogen-bond acceptors (Lipinski definition) is 5. The van der Waals surface area contributed by atoms with Crippen LogP contribution in [0.3, 0.4) is 0 Å². The Balaban J connectivity index is 2.39. The monoisotopic (exact) mass is 282 g/mol. The van der Waals surface area contributed by atoms with Crippen LogP contribution in [-0.2, 0) is 20.1 Å². The van der Waals surface area contributed by atoms with Crippen LogP contribution >= 0.6 is 11.8 Å². The molecule has 0 aliphatic carbocycles. The molecule has 0 unspecified atom stereocenters. The molecular formula is C11H18N6OS. The van der Waals surface area contributed by atoms with E-state index >= 15 is 0 Å². The number of hydrogen-bond donors (Lipinski definition) is 2. The minimum absolute atomic E-state index is 0.183. The van der Waals surface area contributed by atoms with Gasteiger partial charge in [0, 0.05) is 25.7 Å². The maximum atomic E-state index is 11.6. The molecule has 0 atom stereocenters. The van der Waals surface area contributed by atoms with Crippen molar-refractivity contribution in [2.45, 2.75) is 43.5 Å². The summed E-state index contributed by atoms with van der Waals surface area (Å²) in [7, 11) is 1.86. The van der Waals surface area contributed by atoms with Crippen molar-refractivity contribution in [2.24, 2.45) is 12.8 Å². The van der Waals surface area contributed by atoms with E-state index < -0.39 is 0 Å². The van der Waals surface area contributed by atoms with Gasteiger partial charge in [-0.1, -0.05) is 6.92 Å². The zero-order valence-corrected chi connectivity index (χ0v) is 12.1. The van der Waals surface area contributed by atoms with E-state index in [1.165, 1.54) is 11.8 Å². The molecule has 2 rings (SSSR count). The second kappa shape index (κ2) is 5.62. The van der Waals surface area contributed by atoms with Gasteiger partial charge < -0.3 is 5.73 Å². The molecule has 2 heterocycles. The number of aryl methyl sites for hydroxylation is 2. The molecule has 8 heteroatoms. The smallest absolute Gasteiger partial charge is 0.326 e. The molecular weight excluding hydrogens is 264 g/mol. The number of nitrogens with zero attached hydrogens (tertiary/aromatic N) is 4. The van der Waals surface area contributed by atoms with Crippen molar-refractivity contribution >= 4 is 11.8 Å². The maximum Gasteiger partial charge on any atom is 0.343 e. The first-order chi connectivity index (χ1) is 9.08. The SMILES string of the molecule is CCCn1c(Sc2c(CN)c(C)nn2C)n[nH]c1=O. The van der Waals surface area contributed by atoms with Gasteiger partial charge in [0.25, 0.3) is 0 Å². The topological polar surface area (TPSA) is 94.5 Å². The lowest BCUT2D eigenvalue weighted by Crippen LogP contribution is -2.17. The molecule has 0 aliphatic heterocycles. The fourth-order valence-electron chi connectivity index (χ4n) is 1.93. The summed E-state index contributed by atoms with van der Waals surface area (Å²) in [6, 6.07) is 0. The summed E-state index contributed by atoms with van der Waals surface area (Å²) < 4.78 is 3.41. The summed E-state index contributed by atoms with van der Waals surface area (Å²) in [6.07, 6.45) is 0.876. The van der Waals surface area contributed by atoms with E-state index in [1.807, 2.05) is 20.9 Å². The number of H-pyrrole nitrogens is 1. The van der Waals surface area contributed by atoms with Crippen LogP contribution < -0.4 is 11.4 Å². The summed E-state index contributed by atoms with van der Waals surface area (Å²) in [5.74, 6) is 0. The Morgan fingerprint density at radius 1 is 1.47 bits per heavy atom. The van der Waals surface area contributed by atoms with Crippen LogP contribution in [0.15, 0.2) is 15.0 Å². The third kappa shape index (κ3) is 2.59. The van der Waals surface area contributed by atoms with Crippen molar-refractivity contribution < 1.29 is 0 Å².